The van der Waals surface area contributed by atoms with Crippen molar-refractivity contribution in [3.05, 3.63) is 65.0 Å². The number of carbonyl (C=O) groups is 1. The molecule has 0 bridgehead atoms. The largest absolute Gasteiger partial charge is 0.378 e. The van der Waals surface area contributed by atoms with Crippen LogP contribution in [0.15, 0.2) is 51.9 Å². The van der Waals surface area contributed by atoms with Crippen molar-refractivity contribution in [2.24, 2.45) is 0 Å². The van der Waals surface area contributed by atoms with E-state index in [1.807, 2.05) is 24.3 Å². The van der Waals surface area contributed by atoms with E-state index >= 15 is 0 Å². The summed E-state index contributed by atoms with van der Waals surface area (Å²) in [6.45, 7) is 3.59. The highest BCUT2D eigenvalue weighted by Crippen LogP contribution is 2.32. The summed E-state index contributed by atoms with van der Waals surface area (Å²) >= 11 is 0. The number of nitrogens with zero attached hydrogens (tertiary/aromatic N) is 3. The second-order valence-corrected chi connectivity index (χ2v) is 10.3. The van der Waals surface area contributed by atoms with Crippen LogP contribution in [0.2, 0.25) is 0 Å². The molecule has 1 amide bonds. The lowest BCUT2D eigenvalue weighted by Gasteiger charge is -2.26. The molecule has 0 unspecified atom stereocenters. The first kappa shape index (κ1) is 22.7. The van der Waals surface area contributed by atoms with Crippen molar-refractivity contribution in [3.8, 4) is 11.4 Å². The molecular formula is C24H26N4O5S. The van der Waals surface area contributed by atoms with Crippen LogP contribution in [0.25, 0.3) is 11.4 Å². The number of morpholine rings is 1. The van der Waals surface area contributed by atoms with E-state index in [1.165, 1.54) is 11.6 Å². The number of ether oxygens (including phenoxy) is 1. The third-order valence-corrected chi connectivity index (χ3v) is 7.92. The Kier molecular flexibility index (Phi) is 6.20. The molecule has 1 aromatic heterocycles. The molecule has 1 aliphatic heterocycles. The maximum atomic E-state index is 13.4. The van der Waals surface area contributed by atoms with Gasteiger partial charge in [-0.2, -0.15) is 4.98 Å². The van der Waals surface area contributed by atoms with Crippen LogP contribution in [-0.4, -0.2) is 55.7 Å². The number of aryl methyl sites for hydroxylation is 2. The van der Waals surface area contributed by atoms with E-state index < -0.39 is 10.0 Å². The Morgan fingerprint density at radius 3 is 2.76 bits per heavy atom. The minimum atomic E-state index is -3.82. The van der Waals surface area contributed by atoms with Gasteiger partial charge in [0.2, 0.25) is 15.8 Å². The van der Waals surface area contributed by atoms with Gasteiger partial charge in [0.25, 0.3) is 0 Å². The molecule has 10 heteroatoms. The third kappa shape index (κ3) is 4.48. The van der Waals surface area contributed by atoms with Crippen LogP contribution in [0.4, 0.5) is 0 Å². The average Bonchev–Trinajstić information content (AvgIpc) is 3.35. The molecule has 3 aromatic rings. The van der Waals surface area contributed by atoms with E-state index in [0.717, 1.165) is 24.8 Å². The van der Waals surface area contributed by atoms with E-state index in [0.29, 0.717) is 37.4 Å². The van der Waals surface area contributed by atoms with E-state index in [1.54, 1.807) is 24.0 Å². The Morgan fingerprint density at radius 1 is 1.15 bits per heavy atom. The molecule has 1 atom stereocenters. The van der Waals surface area contributed by atoms with Crippen molar-refractivity contribution < 1.29 is 22.5 Å². The summed E-state index contributed by atoms with van der Waals surface area (Å²) in [6, 6.07) is 12.6. The van der Waals surface area contributed by atoms with Gasteiger partial charge in [0, 0.05) is 24.7 Å². The molecule has 1 fully saturated rings. The van der Waals surface area contributed by atoms with Gasteiger partial charge in [0.05, 0.1) is 18.1 Å². The second kappa shape index (κ2) is 9.28. The van der Waals surface area contributed by atoms with Gasteiger partial charge in [0.1, 0.15) is 0 Å². The molecule has 2 aliphatic rings. The first-order valence-corrected chi connectivity index (χ1v) is 12.8. The second-order valence-electron chi connectivity index (χ2n) is 8.57. The van der Waals surface area contributed by atoms with Crippen LogP contribution in [0.3, 0.4) is 0 Å². The van der Waals surface area contributed by atoms with E-state index in [-0.39, 0.29) is 28.6 Å². The quantitative estimate of drug-likeness (QED) is 0.595. The fraction of sp³-hybridized carbons (Fsp3) is 0.375. The van der Waals surface area contributed by atoms with Crippen LogP contribution >= 0.6 is 0 Å². The maximum Gasteiger partial charge on any atom is 0.316 e. The lowest BCUT2D eigenvalue weighted by Crippen LogP contribution is -2.40. The number of hydrogen-bond acceptors (Lipinski definition) is 7. The lowest BCUT2D eigenvalue weighted by atomic mass is 9.88. The van der Waals surface area contributed by atoms with E-state index in [4.69, 9.17) is 9.26 Å². The summed E-state index contributed by atoms with van der Waals surface area (Å²) in [6.07, 6.45) is 2.62. The zero-order valence-electron chi connectivity index (χ0n) is 18.9. The smallest absolute Gasteiger partial charge is 0.316 e. The molecule has 2 aromatic carbocycles. The van der Waals surface area contributed by atoms with Gasteiger partial charge >= 0.3 is 11.8 Å². The average molecular weight is 483 g/mol. The van der Waals surface area contributed by atoms with Crippen LogP contribution in [0.5, 0.6) is 0 Å². The highest BCUT2D eigenvalue weighted by Gasteiger charge is 2.28. The number of fused-ring (bicyclic) bond motifs is 1. The summed E-state index contributed by atoms with van der Waals surface area (Å²) in [7, 11) is -3.82. The van der Waals surface area contributed by atoms with Crippen molar-refractivity contribution in [1.29, 1.82) is 0 Å². The molecule has 0 radical (unpaired) electrons. The maximum absolute atomic E-state index is 13.4. The Labute approximate surface area is 198 Å². The summed E-state index contributed by atoms with van der Waals surface area (Å²) in [5.41, 5.74) is 3.26. The number of aromatic nitrogens is 2. The molecule has 34 heavy (non-hydrogen) atoms. The van der Waals surface area contributed by atoms with Crippen LogP contribution in [-0.2, 0) is 21.2 Å². The number of amides is 1. The van der Waals surface area contributed by atoms with Crippen LogP contribution in [0, 0.1) is 6.92 Å². The summed E-state index contributed by atoms with van der Waals surface area (Å²) < 4.78 is 40.1. The summed E-state index contributed by atoms with van der Waals surface area (Å²) in [5, 5.41) is 3.92. The molecule has 0 saturated carbocycles. The van der Waals surface area contributed by atoms with Gasteiger partial charge in [-0.05, 0) is 48.9 Å². The number of carbonyl (C=O) groups excluding carboxylic acids is 1. The summed E-state index contributed by atoms with van der Waals surface area (Å²) in [5.74, 6) is -0.325. The Morgan fingerprint density at radius 2 is 1.94 bits per heavy atom. The van der Waals surface area contributed by atoms with Crippen LogP contribution < -0.4 is 4.72 Å². The molecule has 1 saturated heterocycles. The van der Waals surface area contributed by atoms with E-state index in [9.17, 15) is 13.2 Å². The number of nitrogens with one attached hydrogen (secondary N) is 1. The van der Waals surface area contributed by atoms with E-state index in [2.05, 4.69) is 14.9 Å². The Balaban J connectivity index is 1.40. The highest BCUT2D eigenvalue weighted by atomic mass is 32.2. The normalized spacial score (nSPS) is 18.5. The minimum Gasteiger partial charge on any atom is -0.378 e. The molecule has 1 aliphatic carbocycles. The van der Waals surface area contributed by atoms with Crippen molar-refractivity contribution in [1.82, 2.24) is 19.8 Å². The molecular weight excluding hydrogens is 456 g/mol. The zero-order valence-corrected chi connectivity index (χ0v) is 19.7. The van der Waals surface area contributed by atoms with Gasteiger partial charge in [-0.3, -0.25) is 4.79 Å². The predicted molar refractivity (Wildman–Crippen MR) is 124 cm³/mol. The first-order valence-electron chi connectivity index (χ1n) is 11.3. The number of hydrogen-bond donors (Lipinski definition) is 1. The van der Waals surface area contributed by atoms with Gasteiger partial charge in [-0.1, -0.05) is 41.6 Å². The molecule has 1 N–H and O–H groups in total. The molecule has 5 rings (SSSR count). The standard InChI is InChI=1S/C24H26N4O5S/c1-16-9-10-18(22-25-23(33-26-22)24(29)28-11-13-32-14-12-28)15-21(16)34(30,31)27-20-8-4-6-17-5-2-3-7-19(17)20/h2-3,5,7,9-10,15,20,27H,4,6,8,11-14H2,1H3/t20-/m0/s1. The predicted octanol–water partition coefficient (Wildman–Crippen LogP) is 2.87. The Bertz CT molecular complexity index is 1310. The highest BCUT2D eigenvalue weighted by molar-refractivity contribution is 7.89. The lowest BCUT2D eigenvalue weighted by molar-refractivity contribution is 0.0272. The topological polar surface area (TPSA) is 115 Å². The molecule has 0 spiro atoms. The van der Waals surface area contributed by atoms with Gasteiger partial charge < -0.3 is 14.2 Å². The van der Waals surface area contributed by atoms with Gasteiger partial charge in [-0.15, -0.1) is 0 Å². The summed E-state index contributed by atoms with van der Waals surface area (Å²) in [4.78, 5) is 18.6. The van der Waals surface area contributed by atoms with Crippen molar-refractivity contribution >= 4 is 15.9 Å². The monoisotopic (exact) mass is 482 g/mol. The zero-order chi connectivity index (χ0) is 23.7. The molecule has 9 nitrogen and oxygen atoms in total. The minimum absolute atomic E-state index is 0.126. The number of rotatable bonds is 5. The fourth-order valence-electron chi connectivity index (χ4n) is 4.49. The third-order valence-electron chi connectivity index (χ3n) is 6.31. The Hall–Kier alpha value is -3.08. The SMILES string of the molecule is Cc1ccc(-c2noc(C(=O)N3CCOCC3)n2)cc1S(=O)(=O)N[C@H]1CCCc2ccccc21. The van der Waals surface area contributed by atoms with Crippen molar-refractivity contribution in [3.63, 3.8) is 0 Å². The van der Waals surface area contributed by atoms with Crippen molar-refractivity contribution in [2.75, 3.05) is 26.3 Å². The van der Waals surface area contributed by atoms with Gasteiger partial charge in [-0.25, -0.2) is 13.1 Å². The molecule has 178 valence electrons. The molecule has 2 heterocycles. The fourth-order valence-corrected chi connectivity index (χ4v) is 6.01. The van der Waals surface area contributed by atoms with Crippen molar-refractivity contribution in [2.45, 2.75) is 37.1 Å². The number of benzene rings is 2. The number of sulfonamides is 1. The van der Waals surface area contributed by atoms with Gasteiger partial charge in [0.15, 0.2) is 0 Å². The first-order chi connectivity index (χ1) is 16.4. The van der Waals surface area contributed by atoms with Crippen LogP contribution in [0.1, 0.15) is 46.3 Å².